The maximum Gasteiger partial charge on any atom is 0.266 e. The predicted molar refractivity (Wildman–Crippen MR) is 133 cm³/mol. The van der Waals surface area contributed by atoms with Crippen LogP contribution in [0.4, 0.5) is 0 Å². The summed E-state index contributed by atoms with van der Waals surface area (Å²) in [6.45, 7) is 8.99. The van der Waals surface area contributed by atoms with E-state index < -0.39 is 0 Å². The molecule has 6 nitrogen and oxygen atoms in total. The van der Waals surface area contributed by atoms with E-state index >= 15 is 0 Å². The summed E-state index contributed by atoms with van der Waals surface area (Å²) >= 11 is 0. The molecule has 0 aliphatic rings. The van der Waals surface area contributed by atoms with E-state index in [1.54, 1.807) is 17.7 Å². The molecule has 0 aliphatic heterocycles. The number of aromatic nitrogens is 2. The highest BCUT2D eigenvalue weighted by Crippen LogP contribution is 2.30. The fourth-order valence-electron chi connectivity index (χ4n) is 4.17. The number of rotatable bonds is 10. The number of hydrogen-bond donors (Lipinski definition) is 0. The van der Waals surface area contributed by atoms with Gasteiger partial charge in [0.25, 0.3) is 5.56 Å². The number of carbonyl (C=O) groups is 1. The van der Waals surface area contributed by atoms with Gasteiger partial charge in [-0.2, -0.15) is 0 Å². The van der Waals surface area contributed by atoms with Gasteiger partial charge in [0.05, 0.1) is 29.7 Å². The maximum absolute atomic E-state index is 13.8. The third kappa shape index (κ3) is 5.27. The van der Waals surface area contributed by atoms with Gasteiger partial charge in [-0.1, -0.05) is 52.0 Å². The van der Waals surface area contributed by atoms with Gasteiger partial charge in [0.1, 0.15) is 11.6 Å². The summed E-state index contributed by atoms with van der Waals surface area (Å²) in [5.41, 5.74) is 1.10. The molecule has 0 aliphatic carbocycles. The second-order valence-electron chi connectivity index (χ2n) is 8.74. The van der Waals surface area contributed by atoms with E-state index in [1.165, 1.54) is 0 Å². The molecule has 3 aromatic rings. The summed E-state index contributed by atoms with van der Waals surface area (Å²) in [5, 5.41) is 0.538. The highest BCUT2D eigenvalue weighted by molar-refractivity contribution is 5.79. The minimum Gasteiger partial charge on any atom is -0.495 e. The van der Waals surface area contributed by atoms with Crippen LogP contribution in [0.25, 0.3) is 16.6 Å². The zero-order chi connectivity index (χ0) is 24.0. The van der Waals surface area contributed by atoms with E-state index in [0.29, 0.717) is 53.5 Å². The van der Waals surface area contributed by atoms with Gasteiger partial charge in [0.15, 0.2) is 0 Å². The molecule has 0 N–H and O–H groups in total. The molecule has 0 fully saturated rings. The van der Waals surface area contributed by atoms with Crippen molar-refractivity contribution in [3.05, 3.63) is 64.7 Å². The first-order valence-electron chi connectivity index (χ1n) is 11.9. The highest BCUT2D eigenvalue weighted by atomic mass is 16.5. The molecule has 1 amide bonds. The Kier molecular flexibility index (Phi) is 8.26. The number of ether oxygens (including phenoxy) is 1. The van der Waals surface area contributed by atoms with E-state index in [0.717, 1.165) is 12.8 Å². The lowest BCUT2D eigenvalue weighted by Crippen LogP contribution is -2.39. The molecule has 176 valence electrons. The van der Waals surface area contributed by atoms with Gasteiger partial charge in [-0.15, -0.1) is 0 Å². The Bertz CT molecular complexity index is 1150. The Morgan fingerprint density at radius 2 is 1.79 bits per heavy atom. The van der Waals surface area contributed by atoms with Crippen LogP contribution in [-0.2, 0) is 4.79 Å². The molecule has 1 heterocycles. The monoisotopic (exact) mass is 449 g/mol. The molecule has 0 bridgehead atoms. The van der Waals surface area contributed by atoms with Crippen molar-refractivity contribution in [1.82, 2.24) is 14.5 Å². The lowest BCUT2D eigenvalue weighted by Gasteiger charge is -2.33. The van der Waals surface area contributed by atoms with E-state index in [9.17, 15) is 9.59 Å². The third-order valence-electron chi connectivity index (χ3n) is 5.92. The normalized spacial score (nSPS) is 12.2. The lowest BCUT2D eigenvalue weighted by molar-refractivity contribution is -0.134. The largest absolute Gasteiger partial charge is 0.495 e. The Balaban J connectivity index is 2.30. The van der Waals surface area contributed by atoms with E-state index in [1.807, 2.05) is 61.2 Å². The molecule has 2 aromatic carbocycles. The van der Waals surface area contributed by atoms with Crippen LogP contribution in [0.2, 0.25) is 0 Å². The molecule has 0 radical (unpaired) electrons. The molecule has 0 saturated heterocycles. The number of benzene rings is 2. The first-order valence-corrected chi connectivity index (χ1v) is 11.9. The van der Waals surface area contributed by atoms with Crippen LogP contribution in [0.15, 0.2) is 53.3 Å². The summed E-state index contributed by atoms with van der Waals surface area (Å²) < 4.78 is 7.23. The number of nitrogens with zero attached hydrogens (tertiary/aromatic N) is 3. The van der Waals surface area contributed by atoms with Crippen molar-refractivity contribution >= 4 is 16.8 Å². The first-order chi connectivity index (χ1) is 15.9. The number of fused-ring (bicyclic) bond motifs is 1. The third-order valence-corrected chi connectivity index (χ3v) is 5.92. The molecule has 1 atom stereocenters. The Morgan fingerprint density at radius 3 is 2.45 bits per heavy atom. The van der Waals surface area contributed by atoms with Crippen molar-refractivity contribution in [1.29, 1.82) is 0 Å². The van der Waals surface area contributed by atoms with Crippen LogP contribution in [0, 0.1) is 5.92 Å². The molecule has 6 heteroatoms. The van der Waals surface area contributed by atoms with Crippen LogP contribution < -0.4 is 10.3 Å². The second kappa shape index (κ2) is 11.1. The van der Waals surface area contributed by atoms with Crippen LogP contribution in [0.1, 0.15) is 65.2 Å². The summed E-state index contributed by atoms with van der Waals surface area (Å²) in [7, 11) is 1.59. The standard InChI is InChI=1S/C27H35N3O3/c1-6-12-25(31)29(18-17-19(3)4)22(7-2)26-28-21-14-9-8-13-20(21)27(32)30(26)23-15-10-11-16-24(23)33-5/h8-11,13-16,19,22H,6-7,12,17-18H2,1-5H3. The van der Waals surface area contributed by atoms with E-state index in [2.05, 4.69) is 13.8 Å². The minimum atomic E-state index is -0.329. The minimum absolute atomic E-state index is 0.0963. The van der Waals surface area contributed by atoms with Gasteiger partial charge < -0.3 is 9.64 Å². The molecule has 0 spiro atoms. The topological polar surface area (TPSA) is 64.4 Å². The highest BCUT2D eigenvalue weighted by Gasteiger charge is 2.29. The van der Waals surface area contributed by atoms with Crippen LogP contribution in [-0.4, -0.2) is 34.0 Å². The summed E-state index contributed by atoms with van der Waals surface area (Å²) in [5.74, 6) is 1.71. The zero-order valence-corrected chi connectivity index (χ0v) is 20.4. The Morgan fingerprint density at radius 1 is 1.09 bits per heavy atom. The number of carbonyl (C=O) groups excluding carboxylic acids is 1. The molecule has 0 saturated carbocycles. The second-order valence-corrected chi connectivity index (χ2v) is 8.74. The van der Waals surface area contributed by atoms with Crippen molar-refractivity contribution in [2.45, 2.75) is 59.4 Å². The maximum atomic E-state index is 13.8. The van der Waals surface area contributed by atoms with Crippen molar-refractivity contribution < 1.29 is 9.53 Å². The summed E-state index contributed by atoms with van der Waals surface area (Å²) in [6.07, 6.45) is 2.78. The van der Waals surface area contributed by atoms with Gasteiger partial charge in [0.2, 0.25) is 5.91 Å². The zero-order valence-electron chi connectivity index (χ0n) is 20.4. The smallest absolute Gasteiger partial charge is 0.266 e. The van der Waals surface area contributed by atoms with Crippen LogP contribution in [0.5, 0.6) is 5.75 Å². The fraction of sp³-hybridized carbons (Fsp3) is 0.444. The first kappa shape index (κ1) is 24.5. The number of hydrogen-bond acceptors (Lipinski definition) is 4. The molecule has 3 rings (SSSR count). The van der Waals surface area contributed by atoms with Crippen LogP contribution in [0.3, 0.4) is 0 Å². The average molecular weight is 450 g/mol. The van der Waals surface area contributed by atoms with Gasteiger partial charge >= 0.3 is 0 Å². The molecular formula is C27H35N3O3. The lowest BCUT2D eigenvalue weighted by atomic mass is 10.1. The van der Waals surface area contributed by atoms with Crippen molar-refractivity contribution in [2.24, 2.45) is 5.92 Å². The molecular weight excluding hydrogens is 414 g/mol. The van der Waals surface area contributed by atoms with Crippen molar-refractivity contribution in [3.8, 4) is 11.4 Å². The Labute approximate surface area is 196 Å². The van der Waals surface area contributed by atoms with Gasteiger partial charge in [-0.05, 0) is 49.4 Å². The quantitative estimate of drug-likeness (QED) is 0.409. The van der Waals surface area contributed by atoms with Crippen molar-refractivity contribution in [2.75, 3.05) is 13.7 Å². The number of methoxy groups -OCH3 is 1. The molecule has 1 aromatic heterocycles. The summed E-state index contributed by atoms with van der Waals surface area (Å²) in [6, 6.07) is 14.5. The summed E-state index contributed by atoms with van der Waals surface area (Å²) in [4.78, 5) is 33.9. The number of amides is 1. The van der Waals surface area contributed by atoms with Gasteiger partial charge in [0, 0.05) is 13.0 Å². The average Bonchev–Trinajstić information content (AvgIpc) is 2.81. The molecule has 1 unspecified atom stereocenters. The molecule has 33 heavy (non-hydrogen) atoms. The number of para-hydroxylation sites is 3. The van der Waals surface area contributed by atoms with E-state index in [-0.39, 0.29) is 17.5 Å². The fourth-order valence-corrected chi connectivity index (χ4v) is 4.17. The van der Waals surface area contributed by atoms with Crippen LogP contribution >= 0.6 is 0 Å². The SMILES string of the molecule is CCCC(=O)N(CCC(C)C)C(CC)c1nc2ccccc2c(=O)n1-c1ccccc1OC. The van der Waals surface area contributed by atoms with E-state index in [4.69, 9.17) is 9.72 Å². The van der Waals surface area contributed by atoms with Gasteiger partial charge in [-0.25, -0.2) is 4.98 Å². The Hall–Kier alpha value is -3.15. The van der Waals surface area contributed by atoms with Crippen molar-refractivity contribution in [3.63, 3.8) is 0 Å². The van der Waals surface area contributed by atoms with Gasteiger partial charge in [-0.3, -0.25) is 14.2 Å². The predicted octanol–water partition coefficient (Wildman–Crippen LogP) is 5.52.